The number of phenols is 2. The molecule has 0 saturated carbocycles. The van der Waals surface area contributed by atoms with E-state index < -0.39 is 0 Å². The van der Waals surface area contributed by atoms with Crippen LogP contribution in [0.3, 0.4) is 0 Å². The van der Waals surface area contributed by atoms with Gasteiger partial charge in [0, 0.05) is 19.6 Å². The first kappa shape index (κ1) is 13.7. The third-order valence-corrected chi connectivity index (χ3v) is 3.49. The maximum atomic E-state index is 12.2. The second kappa shape index (κ2) is 5.93. The van der Waals surface area contributed by atoms with Crippen molar-refractivity contribution in [2.45, 2.75) is 25.3 Å². The van der Waals surface area contributed by atoms with Crippen LogP contribution in [0.5, 0.6) is 11.5 Å². The fourth-order valence-electron chi connectivity index (χ4n) is 2.43. The molecule has 0 radical (unpaired) electrons. The molecule has 2 rings (SSSR count). The average Bonchev–Trinajstić information content (AvgIpc) is 2.39. The molecule has 3 N–H and O–H groups in total. The van der Waals surface area contributed by atoms with E-state index in [2.05, 4.69) is 5.32 Å². The fraction of sp³-hybridized carbons (Fsp3) is 0.500. The molecule has 1 fully saturated rings. The lowest BCUT2D eigenvalue weighted by Gasteiger charge is -2.28. The third kappa shape index (κ3) is 3.17. The lowest BCUT2D eigenvalue weighted by atomic mass is 10.0. The molecule has 0 aliphatic carbocycles. The number of carbonyl (C=O) groups excluding carboxylic acids is 1. The molecule has 1 saturated heterocycles. The Morgan fingerprint density at radius 2 is 2.05 bits per heavy atom. The lowest BCUT2D eigenvalue weighted by Crippen LogP contribution is -2.44. The Kier molecular flexibility index (Phi) is 4.27. The van der Waals surface area contributed by atoms with E-state index in [9.17, 15) is 15.0 Å². The first-order valence-corrected chi connectivity index (χ1v) is 6.59. The molecule has 1 aromatic carbocycles. The molecule has 1 aliphatic rings. The van der Waals surface area contributed by atoms with Crippen LogP contribution in [-0.4, -0.2) is 47.2 Å². The number of phenolic OH excluding ortho intramolecular Hbond substituents is 2. The first-order chi connectivity index (χ1) is 9.09. The number of likely N-dealkylation sites (N-methyl/N-ethyl adjacent to an activating group) is 1. The van der Waals surface area contributed by atoms with Gasteiger partial charge in [-0.3, -0.25) is 4.79 Å². The summed E-state index contributed by atoms with van der Waals surface area (Å²) in [6, 6.07) is 4.60. The molecule has 104 valence electrons. The van der Waals surface area contributed by atoms with Crippen molar-refractivity contribution in [1.82, 2.24) is 10.2 Å². The molecule has 1 aliphatic heterocycles. The van der Waals surface area contributed by atoms with Crippen LogP contribution < -0.4 is 5.32 Å². The Labute approximate surface area is 112 Å². The summed E-state index contributed by atoms with van der Waals surface area (Å²) >= 11 is 0. The quantitative estimate of drug-likeness (QED) is 0.769. The highest BCUT2D eigenvalue weighted by molar-refractivity contribution is 5.99. The van der Waals surface area contributed by atoms with Gasteiger partial charge in [-0.1, -0.05) is 12.5 Å². The number of hydrogen-bond donors (Lipinski definition) is 3. The molecule has 1 amide bonds. The number of aromatic hydroxyl groups is 2. The molecule has 1 atom stereocenters. The van der Waals surface area contributed by atoms with Crippen molar-refractivity contribution >= 4 is 5.91 Å². The van der Waals surface area contributed by atoms with Gasteiger partial charge in [-0.25, -0.2) is 0 Å². The summed E-state index contributed by atoms with van der Waals surface area (Å²) in [6.45, 7) is 1.56. The zero-order chi connectivity index (χ0) is 13.8. The van der Waals surface area contributed by atoms with Crippen molar-refractivity contribution < 1.29 is 15.0 Å². The molecule has 19 heavy (non-hydrogen) atoms. The third-order valence-electron chi connectivity index (χ3n) is 3.49. The van der Waals surface area contributed by atoms with Gasteiger partial charge in [-0.2, -0.15) is 0 Å². The van der Waals surface area contributed by atoms with E-state index in [4.69, 9.17) is 0 Å². The molecule has 5 nitrogen and oxygen atoms in total. The summed E-state index contributed by atoms with van der Waals surface area (Å²) in [5.74, 6) is -0.732. The van der Waals surface area contributed by atoms with Crippen LogP contribution in [0.1, 0.15) is 29.6 Å². The summed E-state index contributed by atoms with van der Waals surface area (Å²) in [5, 5.41) is 22.8. The highest BCUT2D eigenvalue weighted by atomic mass is 16.3. The van der Waals surface area contributed by atoms with Gasteiger partial charge in [0.05, 0.1) is 0 Å². The Hall–Kier alpha value is -1.75. The number of amides is 1. The topological polar surface area (TPSA) is 72.8 Å². The van der Waals surface area contributed by atoms with Gasteiger partial charge in [0.15, 0.2) is 0 Å². The van der Waals surface area contributed by atoms with Gasteiger partial charge in [0.1, 0.15) is 17.1 Å². The smallest absolute Gasteiger partial charge is 0.261 e. The monoisotopic (exact) mass is 264 g/mol. The minimum atomic E-state index is -0.358. The zero-order valence-corrected chi connectivity index (χ0v) is 11.1. The van der Waals surface area contributed by atoms with Crippen LogP contribution in [0.25, 0.3) is 0 Å². The number of benzene rings is 1. The highest BCUT2D eigenvalue weighted by Crippen LogP contribution is 2.27. The maximum Gasteiger partial charge on any atom is 0.261 e. The Bertz CT molecular complexity index is 436. The van der Waals surface area contributed by atoms with E-state index in [1.807, 2.05) is 0 Å². The minimum absolute atomic E-state index is 0.0270. The average molecular weight is 264 g/mol. The molecular weight excluding hydrogens is 244 g/mol. The van der Waals surface area contributed by atoms with Gasteiger partial charge < -0.3 is 20.4 Å². The van der Waals surface area contributed by atoms with Crippen LogP contribution in [0.2, 0.25) is 0 Å². The Morgan fingerprint density at radius 1 is 1.37 bits per heavy atom. The number of piperidine rings is 1. The molecule has 0 spiro atoms. The van der Waals surface area contributed by atoms with Crippen LogP contribution in [0, 0.1) is 0 Å². The van der Waals surface area contributed by atoms with Crippen LogP contribution in [0.4, 0.5) is 0 Å². The number of carbonyl (C=O) groups is 1. The highest BCUT2D eigenvalue weighted by Gasteiger charge is 2.22. The molecule has 0 bridgehead atoms. The van der Waals surface area contributed by atoms with E-state index in [-0.39, 0.29) is 29.0 Å². The first-order valence-electron chi connectivity index (χ1n) is 6.59. The zero-order valence-electron chi connectivity index (χ0n) is 11.1. The van der Waals surface area contributed by atoms with Gasteiger partial charge >= 0.3 is 0 Å². The maximum absolute atomic E-state index is 12.2. The summed E-state index contributed by atoms with van der Waals surface area (Å²) < 4.78 is 0. The van der Waals surface area contributed by atoms with E-state index in [0.29, 0.717) is 6.54 Å². The molecule has 0 aromatic heterocycles. The summed E-state index contributed by atoms with van der Waals surface area (Å²) in [6.07, 6.45) is 3.39. The summed E-state index contributed by atoms with van der Waals surface area (Å²) in [5.41, 5.74) is -0.0270. The summed E-state index contributed by atoms with van der Waals surface area (Å²) in [4.78, 5) is 13.8. The molecule has 1 aromatic rings. The van der Waals surface area contributed by atoms with Gasteiger partial charge in [0.25, 0.3) is 5.91 Å². The number of nitrogens with zero attached hydrogens (tertiary/aromatic N) is 1. The lowest BCUT2D eigenvalue weighted by molar-refractivity contribution is 0.0769. The van der Waals surface area contributed by atoms with Gasteiger partial charge in [0.2, 0.25) is 0 Å². The van der Waals surface area contributed by atoms with Crippen molar-refractivity contribution in [3.8, 4) is 11.5 Å². The van der Waals surface area contributed by atoms with Crippen molar-refractivity contribution in [3.63, 3.8) is 0 Å². The van der Waals surface area contributed by atoms with Gasteiger partial charge in [-0.05, 0) is 31.5 Å². The molecule has 5 heteroatoms. The largest absolute Gasteiger partial charge is 0.507 e. The predicted molar refractivity (Wildman–Crippen MR) is 72.4 cm³/mol. The minimum Gasteiger partial charge on any atom is -0.507 e. The molecular formula is C14H20N2O3. The molecule has 1 unspecified atom stereocenters. The van der Waals surface area contributed by atoms with Crippen LogP contribution >= 0.6 is 0 Å². The Morgan fingerprint density at radius 3 is 2.63 bits per heavy atom. The number of nitrogens with one attached hydrogen (secondary N) is 1. The van der Waals surface area contributed by atoms with Gasteiger partial charge in [-0.15, -0.1) is 0 Å². The Balaban J connectivity index is 2.06. The van der Waals surface area contributed by atoms with E-state index in [0.717, 1.165) is 13.0 Å². The second-order valence-corrected chi connectivity index (χ2v) is 5.00. The van der Waals surface area contributed by atoms with Crippen molar-refractivity contribution in [2.75, 3.05) is 20.1 Å². The predicted octanol–water partition coefficient (Wildman–Crippen LogP) is 1.31. The van der Waals surface area contributed by atoms with Crippen molar-refractivity contribution in [2.24, 2.45) is 0 Å². The van der Waals surface area contributed by atoms with Crippen molar-refractivity contribution in [1.29, 1.82) is 0 Å². The number of hydrogen-bond acceptors (Lipinski definition) is 4. The van der Waals surface area contributed by atoms with Crippen LogP contribution in [0.15, 0.2) is 18.2 Å². The number of rotatable bonds is 3. The van der Waals surface area contributed by atoms with Crippen molar-refractivity contribution in [3.05, 3.63) is 23.8 Å². The molecule has 1 heterocycles. The van der Waals surface area contributed by atoms with E-state index in [1.54, 1.807) is 7.05 Å². The SMILES string of the molecule is CN(CC1CCCCN1)C(=O)c1c(O)cccc1O. The summed E-state index contributed by atoms with van der Waals surface area (Å²) in [7, 11) is 1.69. The van der Waals surface area contributed by atoms with Crippen LogP contribution in [-0.2, 0) is 0 Å². The second-order valence-electron chi connectivity index (χ2n) is 5.00. The van der Waals surface area contributed by atoms with E-state index in [1.165, 1.54) is 35.9 Å². The van der Waals surface area contributed by atoms with E-state index >= 15 is 0 Å². The fourth-order valence-corrected chi connectivity index (χ4v) is 2.43. The normalized spacial score (nSPS) is 19.1. The standard InChI is InChI=1S/C14H20N2O3/c1-16(9-10-5-2-3-8-15-10)14(19)13-11(17)6-4-7-12(13)18/h4,6-7,10,15,17-18H,2-3,5,8-9H2,1H3.